The number of halogens is 2. The van der Waals surface area contributed by atoms with E-state index in [1.165, 1.54) is 0 Å². The van der Waals surface area contributed by atoms with E-state index in [9.17, 15) is 4.79 Å². The van der Waals surface area contributed by atoms with Gasteiger partial charge >= 0.3 is 0 Å². The molecule has 0 bridgehead atoms. The van der Waals surface area contributed by atoms with Crippen molar-refractivity contribution in [1.82, 2.24) is 0 Å². The highest BCUT2D eigenvalue weighted by atomic mass is 35.5. The average Bonchev–Trinajstić information content (AvgIpc) is 3.29. The monoisotopic (exact) mass is 448 g/mol. The summed E-state index contributed by atoms with van der Waals surface area (Å²) >= 11 is 13.1. The third-order valence-corrected chi connectivity index (χ3v) is 7.03. The van der Waals surface area contributed by atoms with Crippen molar-refractivity contribution in [2.24, 2.45) is 5.92 Å². The Kier molecular flexibility index (Phi) is 5.25. The first kappa shape index (κ1) is 20.2. The Hall–Kier alpha value is -2.75. The lowest BCUT2D eigenvalue weighted by molar-refractivity contribution is 0.0993. The maximum Gasteiger partial charge on any atom is 0.258 e. The quantitative estimate of drug-likeness (QED) is 0.433. The number of nitrogens with one attached hydrogen (secondary N) is 1. The van der Waals surface area contributed by atoms with Gasteiger partial charge in [0.2, 0.25) is 0 Å². The van der Waals surface area contributed by atoms with Gasteiger partial charge in [0.25, 0.3) is 5.91 Å². The number of nitrogens with zero attached hydrogens (tertiary/aromatic N) is 1. The van der Waals surface area contributed by atoms with Crippen molar-refractivity contribution in [1.29, 1.82) is 0 Å². The van der Waals surface area contributed by atoms with Crippen LogP contribution in [0.4, 0.5) is 11.4 Å². The molecule has 0 spiro atoms. The van der Waals surface area contributed by atoms with Gasteiger partial charge in [-0.25, -0.2) is 0 Å². The average molecular weight is 449 g/mol. The second-order valence-corrected chi connectivity index (χ2v) is 8.93. The fraction of sp³-hybridized carbons (Fsp3) is 0.192. The molecule has 3 nitrogen and oxygen atoms in total. The maximum atomic E-state index is 13.2. The van der Waals surface area contributed by atoms with Crippen molar-refractivity contribution in [3.05, 3.63) is 106 Å². The highest BCUT2D eigenvalue weighted by molar-refractivity contribution is 6.36. The summed E-state index contributed by atoms with van der Waals surface area (Å²) in [5.41, 5.74) is 4.66. The molecule has 2 aliphatic rings. The van der Waals surface area contributed by atoms with Crippen LogP contribution >= 0.6 is 23.2 Å². The first-order valence-corrected chi connectivity index (χ1v) is 11.1. The van der Waals surface area contributed by atoms with Crippen LogP contribution < -0.4 is 10.2 Å². The van der Waals surface area contributed by atoms with Gasteiger partial charge in [-0.2, -0.15) is 0 Å². The van der Waals surface area contributed by atoms with Gasteiger partial charge in [-0.1, -0.05) is 59.6 Å². The van der Waals surface area contributed by atoms with Crippen LogP contribution in [-0.4, -0.2) is 13.0 Å². The van der Waals surface area contributed by atoms with Crippen LogP contribution in [0, 0.1) is 5.92 Å². The number of allylic oxidation sites excluding steroid dienone is 2. The number of hydrogen-bond acceptors (Lipinski definition) is 2. The fourth-order valence-electron chi connectivity index (χ4n) is 4.78. The third-order valence-electron chi connectivity index (χ3n) is 6.37. The number of rotatable bonds is 3. The Morgan fingerprint density at radius 1 is 1.00 bits per heavy atom. The molecule has 3 unspecified atom stereocenters. The number of benzene rings is 3. The van der Waals surface area contributed by atoms with Crippen LogP contribution in [0.25, 0.3) is 0 Å². The van der Waals surface area contributed by atoms with Gasteiger partial charge in [0.15, 0.2) is 0 Å². The predicted octanol–water partition coefficient (Wildman–Crippen LogP) is 7.10. The van der Waals surface area contributed by atoms with Crippen LogP contribution in [0.2, 0.25) is 10.0 Å². The SMILES string of the molecule is CN(C(=O)c1ccc2c(c1)C1C=CCC1C(c1c(Cl)cccc1Cl)N2)c1ccccc1. The summed E-state index contributed by atoms with van der Waals surface area (Å²) in [5, 5.41) is 5.01. The molecule has 5 heteroatoms. The van der Waals surface area contributed by atoms with Crippen LogP contribution in [0.15, 0.2) is 78.9 Å². The summed E-state index contributed by atoms with van der Waals surface area (Å²) in [6, 6.07) is 21.3. The summed E-state index contributed by atoms with van der Waals surface area (Å²) < 4.78 is 0. The van der Waals surface area contributed by atoms with Crippen molar-refractivity contribution >= 4 is 40.5 Å². The van der Waals surface area contributed by atoms with E-state index < -0.39 is 0 Å². The fourth-order valence-corrected chi connectivity index (χ4v) is 5.42. The number of carbonyl (C=O) groups excluding carboxylic acids is 1. The van der Waals surface area contributed by atoms with Gasteiger partial charge in [-0.3, -0.25) is 4.79 Å². The molecular formula is C26H22Cl2N2O. The standard InChI is InChI=1S/C26H22Cl2N2O/c1-30(17-7-3-2-4-8-17)26(31)16-13-14-23-20(15-16)18-9-5-10-19(18)25(29-23)24-21(27)11-6-12-22(24)28/h2-9,11-15,18-19,25,29H,10H2,1H3. The minimum absolute atomic E-state index is 0.0160. The van der Waals surface area contributed by atoms with E-state index in [-0.39, 0.29) is 17.9 Å². The topological polar surface area (TPSA) is 32.3 Å². The van der Waals surface area contributed by atoms with Gasteiger partial charge in [0.05, 0.1) is 6.04 Å². The van der Waals surface area contributed by atoms with Crippen molar-refractivity contribution in [3.8, 4) is 0 Å². The van der Waals surface area contributed by atoms with Gasteiger partial charge in [-0.15, -0.1) is 0 Å². The molecule has 156 valence electrons. The highest BCUT2D eigenvalue weighted by Gasteiger charge is 2.39. The van der Waals surface area contributed by atoms with E-state index in [1.807, 2.05) is 73.8 Å². The third kappa shape index (κ3) is 3.52. The van der Waals surface area contributed by atoms with Crippen LogP contribution in [0.3, 0.4) is 0 Å². The van der Waals surface area contributed by atoms with E-state index in [1.54, 1.807) is 4.90 Å². The molecule has 0 fully saturated rings. The molecule has 1 heterocycles. The Morgan fingerprint density at radius 3 is 2.48 bits per heavy atom. The lowest BCUT2D eigenvalue weighted by atomic mass is 9.76. The van der Waals surface area contributed by atoms with Gasteiger partial charge in [0.1, 0.15) is 0 Å². The molecule has 31 heavy (non-hydrogen) atoms. The molecule has 1 aliphatic carbocycles. The van der Waals surface area contributed by atoms with Gasteiger partial charge in [-0.05, 0) is 60.4 Å². The van der Waals surface area contributed by atoms with Crippen LogP contribution in [-0.2, 0) is 0 Å². The lowest BCUT2D eigenvalue weighted by Crippen LogP contribution is -2.30. The molecule has 3 aromatic rings. The van der Waals surface area contributed by atoms with Crippen LogP contribution in [0.5, 0.6) is 0 Å². The molecular weight excluding hydrogens is 427 g/mol. The summed E-state index contributed by atoms with van der Waals surface area (Å²) in [7, 11) is 1.81. The molecule has 0 aromatic heterocycles. The first-order chi connectivity index (χ1) is 15.0. The van der Waals surface area contributed by atoms with E-state index in [2.05, 4.69) is 17.5 Å². The summed E-state index contributed by atoms with van der Waals surface area (Å²) in [6.07, 6.45) is 5.40. The Balaban J connectivity index is 1.51. The van der Waals surface area contributed by atoms with E-state index >= 15 is 0 Å². The van der Waals surface area contributed by atoms with Crippen molar-refractivity contribution in [2.75, 3.05) is 17.3 Å². The zero-order valence-electron chi connectivity index (χ0n) is 17.1. The molecule has 1 N–H and O–H groups in total. The number of fused-ring (bicyclic) bond motifs is 3. The molecule has 0 saturated carbocycles. The largest absolute Gasteiger partial charge is 0.378 e. The normalized spacial score (nSPS) is 21.2. The highest BCUT2D eigenvalue weighted by Crippen LogP contribution is 2.52. The minimum Gasteiger partial charge on any atom is -0.378 e. The van der Waals surface area contributed by atoms with Gasteiger partial charge in [0, 0.05) is 45.5 Å². The summed E-state index contributed by atoms with van der Waals surface area (Å²) in [6.45, 7) is 0. The molecule has 5 rings (SSSR count). The molecule has 0 radical (unpaired) electrons. The number of amides is 1. The van der Waals surface area contributed by atoms with Gasteiger partial charge < -0.3 is 10.2 Å². The first-order valence-electron chi connectivity index (χ1n) is 10.4. The van der Waals surface area contributed by atoms with Crippen molar-refractivity contribution in [2.45, 2.75) is 18.4 Å². The Labute approximate surface area is 192 Å². The molecule has 1 aliphatic heterocycles. The van der Waals surface area contributed by atoms with E-state index in [0.717, 1.165) is 28.9 Å². The van der Waals surface area contributed by atoms with E-state index in [4.69, 9.17) is 23.2 Å². The number of anilines is 2. The van der Waals surface area contributed by atoms with Crippen LogP contribution in [0.1, 0.15) is 39.9 Å². The maximum absolute atomic E-state index is 13.2. The Morgan fingerprint density at radius 2 is 1.74 bits per heavy atom. The molecule has 0 saturated heterocycles. The van der Waals surface area contributed by atoms with Crippen molar-refractivity contribution < 1.29 is 4.79 Å². The second kappa shape index (κ2) is 8.07. The second-order valence-electron chi connectivity index (χ2n) is 8.11. The predicted molar refractivity (Wildman–Crippen MR) is 128 cm³/mol. The number of para-hydroxylation sites is 1. The zero-order valence-corrected chi connectivity index (χ0v) is 18.6. The molecule has 3 aromatic carbocycles. The lowest BCUT2D eigenvalue weighted by Gasteiger charge is -2.38. The van der Waals surface area contributed by atoms with Crippen molar-refractivity contribution in [3.63, 3.8) is 0 Å². The number of hydrogen-bond donors (Lipinski definition) is 1. The zero-order chi connectivity index (χ0) is 21.5. The minimum atomic E-state index is -0.0243. The summed E-state index contributed by atoms with van der Waals surface area (Å²) in [5.74, 6) is 0.481. The van der Waals surface area contributed by atoms with E-state index in [0.29, 0.717) is 21.5 Å². The number of carbonyl (C=O) groups is 1. The Bertz CT molecular complexity index is 1160. The molecule has 3 atom stereocenters. The smallest absolute Gasteiger partial charge is 0.258 e. The molecule has 1 amide bonds. The summed E-state index contributed by atoms with van der Waals surface area (Å²) in [4.78, 5) is 14.8.